The highest BCUT2D eigenvalue weighted by molar-refractivity contribution is 5.77. The Hall–Kier alpha value is -2.73. The molecule has 6 atom stereocenters. The highest BCUT2D eigenvalue weighted by Gasteiger charge is 2.51. The standard InChI is InChI=1S/C18H29N3O9/c1-8(19)6-14(26)21-18-15(20-9(2)22)17(29-12(5)25)16(28-11(4)24)13(30-18)7-27-10(3)23/h8,13,15-18H,6-7,19H2,1-5H3,(H,20,22)(H,21,26)/t8-,13-,15?,16+,17-,18+/m1/s1. The lowest BCUT2D eigenvalue weighted by molar-refractivity contribution is -0.228. The second kappa shape index (κ2) is 11.5. The smallest absolute Gasteiger partial charge is 0.303 e. The number of carbonyl (C=O) groups excluding carboxylic acids is 5. The van der Waals surface area contributed by atoms with Gasteiger partial charge in [0.15, 0.2) is 18.4 Å². The van der Waals surface area contributed by atoms with Gasteiger partial charge >= 0.3 is 17.9 Å². The molecule has 0 aromatic carbocycles. The van der Waals surface area contributed by atoms with Gasteiger partial charge in [-0.05, 0) is 6.92 Å². The molecule has 1 saturated heterocycles. The maximum atomic E-state index is 12.3. The summed E-state index contributed by atoms with van der Waals surface area (Å²) in [6.45, 7) is 5.95. The summed E-state index contributed by atoms with van der Waals surface area (Å²) in [6, 6.07) is -1.54. The molecule has 1 rings (SSSR count). The first kappa shape index (κ1) is 25.3. The third kappa shape index (κ3) is 8.33. The SMILES string of the molecule is CC(=O)NC1[C@@H](OC(C)=O)[C@@H](OC(C)=O)[C@@H](COC(C)=O)O[C@@H]1NC(=O)C[C@@H](C)N. The van der Waals surface area contributed by atoms with E-state index in [-0.39, 0.29) is 13.0 Å². The van der Waals surface area contributed by atoms with Crippen LogP contribution in [0.5, 0.6) is 0 Å². The van der Waals surface area contributed by atoms with Crippen molar-refractivity contribution in [2.45, 2.75) is 77.7 Å². The van der Waals surface area contributed by atoms with Crippen molar-refractivity contribution >= 4 is 29.7 Å². The van der Waals surface area contributed by atoms with E-state index in [2.05, 4.69) is 10.6 Å². The van der Waals surface area contributed by atoms with Crippen molar-refractivity contribution in [1.29, 1.82) is 0 Å². The van der Waals surface area contributed by atoms with Gasteiger partial charge in [0, 0.05) is 40.2 Å². The Kier molecular flexibility index (Phi) is 9.66. The summed E-state index contributed by atoms with van der Waals surface area (Å²) < 4.78 is 21.3. The number of amides is 2. The lowest BCUT2D eigenvalue weighted by Crippen LogP contribution is -2.69. The number of rotatable bonds is 8. The molecule has 4 N–H and O–H groups in total. The van der Waals surface area contributed by atoms with Crippen LogP contribution in [0.1, 0.15) is 41.0 Å². The van der Waals surface area contributed by atoms with Crippen LogP contribution in [0.15, 0.2) is 0 Å². The second-order valence-corrected chi connectivity index (χ2v) is 7.02. The summed E-state index contributed by atoms with van der Waals surface area (Å²) in [4.78, 5) is 58.6. The molecule has 1 heterocycles. The minimum Gasteiger partial charge on any atom is -0.463 e. The predicted octanol–water partition coefficient (Wildman–Crippen LogP) is -1.50. The molecular formula is C18H29N3O9. The van der Waals surface area contributed by atoms with Crippen molar-refractivity contribution in [3.05, 3.63) is 0 Å². The van der Waals surface area contributed by atoms with Crippen molar-refractivity contribution in [3.8, 4) is 0 Å². The maximum Gasteiger partial charge on any atom is 0.303 e. The Morgan fingerprint density at radius 2 is 1.50 bits per heavy atom. The van der Waals surface area contributed by atoms with Crippen LogP contribution >= 0.6 is 0 Å². The molecule has 0 saturated carbocycles. The van der Waals surface area contributed by atoms with Crippen LogP contribution < -0.4 is 16.4 Å². The van der Waals surface area contributed by atoms with Gasteiger partial charge in [-0.25, -0.2) is 0 Å². The maximum absolute atomic E-state index is 12.3. The van der Waals surface area contributed by atoms with E-state index in [9.17, 15) is 24.0 Å². The van der Waals surface area contributed by atoms with E-state index in [1.807, 2.05) is 0 Å². The van der Waals surface area contributed by atoms with Crippen LogP contribution in [0.2, 0.25) is 0 Å². The molecule has 1 fully saturated rings. The molecule has 0 radical (unpaired) electrons. The third-order valence-electron chi connectivity index (χ3n) is 3.93. The average molecular weight is 431 g/mol. The van der Waals surface area contributed by atoms with E-state index in [1.54, 1.807) is 6.92 Å². The first-order valence-corrected chi connectivity index (χ1v) is 9.36. The number of nitrogens with two attached hydrogens (primary N) is 1. The van der Waals surface area contributed by atoms with Crippen LogP contribution in [0, 0.1) is 0 Å². The van der Waals surface area contributed by atoms with Gasteiger partial charge in [-0.1, -0.05) is 0 Å². The summed E-state index contributed by atoms with van der Waals surface area (Å²) in [5.74, 6) is -3.04. The minimum atomic E-state index is -1.23. The summed E-state index contributed by atoms with van der Waals surface area (Å²) in [6.07, 6.45) is -4.76. The molecule has 0 aromatic heterocycles. The zero-order valence-corrected chi connectivity index (χ0v) is 17.6. The molecule has 0 bridgehead atoms. The molecule has 1 aliphatic heterocycles. The van der Waals surface area contributed by atoms with Crippen LogP contribution in [0.25, 0.3) is 0 Å². The van der Waals surface area contributed by atoms with Gasteiger partial charge in [-0.15, -0.1) is 0 Å². The molecule has 0 spiro atoms. The number of nitrogens with one attached hydrogen (secondary N) is 2. The van der Waals surface area contributed by atoms with Gasteiger partial charge in [-0.2, -0.15) is 0 Å². The van der Waals surface area contributed by atoms with Crippen LogP contribution in [0.3, 0.4) is 0 Å². The topological polar surface area (TPSA) is 172 Å². The van der Waals surface area contributed by atoms with Crippen molar-refractivity contribution < 1.29 is 42.9 Å². The van der Waals surface area contributed by atoms with Gasteiger partial charge in [-0.3, -0.25) is 24.0 Å². The molecule has 0 aromatic rings. The first-order valence-electron chi connectivity index (χ1n) is 9.36. The minimum absolute atomic E-state index is 0.0349. The molecule has 30 heavy (non-hydrogen) atoms. The molecule has 1 unspecified atom stereocenters. The highest BCUT2D eigenvalue weighted by Crippen LogP contribution is 2.26. The van der Waals surface area contributed by atoms with Crippen LogP contribution in [-0.4, -0.2) is 73.0 Å². The molecule has 0 aliphatic carbocycles. The predicted molar refractivity (Wildman–Crippen MR) is 100 cm³/mol. The largest absolute Gasteiger partial charge is 0.463 e. The fourth-order valence-corrected chi connectivity index (χ4v) is 2.97. The molecule has 170 valence electrons. The first-order chi connectivity index (χ1) is 13.9. The Balaban J connectivity index is 3.30. The van der Waals surface area contributed by atoms with E-state index in [0.29, 0.717) is 0 Å². The fourth-order valence-electron chi connectivity index (χ4n) is 2.97. The Bertz CT molecular complexity index is 667. The quantitative estimate of drug-likeness (QED) is 0.303. The van der Waals surface area contributed by atoms with Crippen LogP contribution in [-0.2, 0) is 42.9 Å². The van der Waals surface area contributed by atoms with Crippen molar-refractivity contribution in [2.75, 3.05) is 6.61 Å². The Morgan fingerprint density at radius 1 is 0.933 bits per heavy atom. The van der Waals surface area contributed by atoms with Gasteiger partial charge in [0.2, 0.25) is 11.8 Å². The van der Waals surface area contributed by atoms with Crippen molar-refractivity contribution in [3.63, 3.8) is 0 Å². The lowest BCUT2D eigenvalue weighted by atomic mass is 9.95. The molecule has 1 aliphatic rings. The third-order valence-corrected chi connectivity index (χ3v) is 3.93. The average Bonchev–Trinajstić information content (AvgIpc) is 2.56. The normalized spacial score (nSPS) is 26.7. The summed E-state index contributed by atoms with van der Waals surface area (Å²) in [5, 5.41) is 5.12. The van der Waals surface area contributed by atoms with Crippen molar-refractivity contribution in [1.82, 2.24) is 10.6 Å². The van der Waals surface area contributed by atoms with Gasteiger partial charge in [0.1, 0.15) is 18.8 Å². The highest BCUT2D eigenvalue weighted by atomic mass is 16.6. The van der Waals surface area contributed by atoms with Crippen molar-refractivity contribution in [2.24, 2.45) is 5.73 Å². The van der Waals surface area contributed by atoms with Gasteiger partial charge in [0.25, 0.3) is 0 Å². The zero-order chi connectivity index (χ0) is 23.0. The Labute approximate surface area is 174 Å². The summed E-state index contributed by atoms with van der Waals surface area (Å²) in [7, 11) is 0. The van der Waals surface area contributed by atoms with Crippen LogP contribution in [0.4, 0.5) is 0 Å². The number of carbonyl (C=O) groups is 5. The zero-order valence-electron chi connectivity index (χ0n) is 17.6. The van der Waals surface area contributed by atoms with E-state index < -0.39 is 66.3 Å². The van der Waals surface area contributed by atoms with Gasteiger partial charge in [0.05, 0.1) is 0 Å². The van der Waals surface area contributed by atoms with E-state index in [0.717, 1.165) is 13.8 Å². The summed E-state index contributed by atoms with van der Waals surface area (Å²) in [5.41, 5.74) is 5.64. The molecule has 12 nitrogen and oxygen atoms in total. The lowest BCUT2D eigenvalue weighted by Gasteiger charge is -2.45. The monoisotopic (exact) mass is 431 g/mol. The van der Waals surface area contributed by atoms with E-state index in [1.165, 1.54) is 13.8 Å². The summed E-state index contributed by atoms with van der Waals surface area (Å²) >= 11 is 0. The fraction of sp³-hybridized carbons (Fsp3) is 0.722. The van der Waals surface area contributed by atoms with E-state index in [4.69, 9.17) is 24.7 Å². The molecule has 2 amide bonds. The number of hydrogen-bond donors (Lipinski definition) is 3. The van der Waals surface area contributed by atoms with E-state index >= 15 is 0 Å². The Morgan fingerprint density at radius 3 is 1.97 bits per heavy atom. The number of esters is 3. The number of ether oxygens (including phenoxy) is 4. The van der Waals surface area contributed by atoms with Gasteiger partial charge < -0.3 is 35.3 Å². The second-order valence-electron chi connectivity index (χ2n) is 7.02. The molecule has 12 heteroatoms. The molecular weight excluding hydrogens is 402 g/mol. The number of hydrogen-bond acceptors (Lipinski definition) is 10.